The summed E-state index contributed by atoms with van der Waals surface area (Å²) in [6.45, 7) is -0.317. The smallest absolute Gasteiger partial charge is 0.323 e. The van der Waals surface area contributed by atoms with Gasteiger partial charge in [-0.2, -0.15) is 0 Å². The zero-order valence-corrected chi connectivity index (χ0v) is 9.19. The average Bonchev–Trinajstić information content (AvgIpc) is 2.63. The van der Waals surface area contributed by atoms with E-state index in [1.807, 2.05) is 0 Å². The number of hydrogen-bond donors (Lipinski definition) is 2. The molecule has 1 saturated heterocycles. The minimum absolute atomic E-state index is 0.107. The second-order valence-corrected chi connectivity index (χ2v) is 3.95. The average molecular weight is 256 g/mol. The van der Waals surface area contributed by atoms with E-state index in [0.29, 0.717) is 5.56 Å². The summed E-state index contributed by atoms with van der Waals surface area (Å²) < 4.78 is 25.8. The Kier molecular flexibility index (Phi) is 3.14. The number of halogens is 2. The maximum Gasteiger partial charge on any atom is 0.323 e. The first-order valence-electron chi connectivity index (χ1n) is 5.19. The number of amides is 2. The predicted molar refractivity (Wildman–Crippen MR) is 56.8 cm³/mol. The molecule has 0 saturated carbocycles. The molecule has 1 aromatic rings. The Morgan fingerprint density at radius 2 is 2.17 bits per heavy atom. The Hall–Kier alpha value is -2.18. The van der Waals surface area contributed by atoms with Crippen LogP contribution in [0.5, 0.6) is 0 Å². The topological polar surface area (TPSA) is 69.6 Å². The maximum atomic E-state index is 13.0. The fourth-order valence-corrected chi connectivity index (χ4v) is 1.81. The number of carbonyl (C=O) groups is 2. The van der Waals surface area contributed by atoms with Gasteiger partial charge in [-0.15, -0.1) is 0 Å². The summed E-state index contributed by atoms with van der Waals surface area (Å²) in [4.78, 5) is 23.0. The van der Waals surface area contributed by atoms with E-state index in [0.717, 1.165) is 17.0 Å². The standard InChI is InChI=1S/C11H10F2N2O3/c12-7-2-1-6(3-8(7)13)9-4-15(5-10(16)17)11(18)14-9/h1-3,9H,4-5H2,(H,14,18)(H,16,17). The summed E-state index contributed by atoms with van der Waals surface area (Å²) in [6, 6.07) is 2.24. The molecule has 1 aromatic carbocycles. The molecule has 0 aliphatic carbocycles. The van der Waals surface area contributed by atoms with Crippen LogP contribution in [0, 0.1) is 11.6 Å². The van der Waals surface area contributed by atoms with E-state index in [1.165, 1.54) is 6.07 Å². The Balaban J connectivity index is 2.14. The van der Waals surface area contributed by atoms with E-state index >= 15 is 0 Å². The van der Waals surface area contributed by atoms with Crippen molar-refractivity contribution >= 4 is 12.0 Å². The molecule has 0 spiro atoms. The molecule has 18 heavy (non-hydrogen) atoms. The fourth-order valence-electron chi connectivity index (χ4n) is 1.81. The molecule has 1 fully saturated rings. The van der Waals surface area contributed by atoms with Gasteiger partial charge in [0.2, 0.25) is 0 Å². The summed E-state index contributed by atoms with van der Waals surface area (Å²) in [5, 5.41) is 11.1. The summed E-state index contributed by atoms with van der Waals surface area (Å²) in [6.07, 6.45) is 0. The van der Waals surface area contributed by atoms with Gasteiger partial charge in [0.05, 0.1) is 6.04 Å². The van der Waals surface area contributed by atoms with Crippen LogP contribution in [0.4, 0.5) is 13.6 Å². The SMILES string of the molecule is O=C(O)CN1CC(c2ccc(F)c(F)c2)NC1=O. The van der Waals surface area contributed by atoms with Gasteiger partial charge in [-0.1, -0.05) is 6.07 Å². The van der Waals surface area contributed by atoms with Crippen molar-refractivity contribution in [3.63, 3.8) is 0 Å². The quantitative estimate of drug-likeness (QED) is 0.851. The zero-order chi connectivity index (χ0) is 13.3. The van der Waals surface area contributed by atoms with Crippen molar-refractivity contribution in [1.82, 2.24) is 10.2 Å². The highest BCUT2D eigenvalue weighted by Gasteiger charge is 2.31. The first kappa shape index (κ1) is 12.3. The monoisotopic (exact) mass is 256 g/mol. The molecule has 1 heterocycles. The number of benzene rings is 1. The summed E-state index contributed by atoms with van der Waals surface area (Å²) >= 11 is 0. The molecule has 0 radical (unpaired) electrons. The highest BCUT2D eigenvalue weighted by atomic mass is 19.2. The first-order valence-corrected chi connectivity index (χ1v) is 5.19. The summed E-state index contributed by atoms with van der Waals surface area (Å²) in [5.41, 5.74) is 0.398. The van der Waals surface area contributed by atoms with E-state index in [1.54, 1.807) is 0 Å². The molecule has 0 bridgehead atoms. The number of urea groups is 1. The van der Waals surface area contributed by atoms with Crippen LogP contribution in [0.3, 0.4) is 0 Å². The number of aliphatic carboxylic acids is 1. The van der Waals surface area contributed by atoms with Gasteiger partial charge in [0.15, 0.2) is 11.6 Å². The predicted octanol–water partition coefficient (Wildman–Crippen LogP) is 1.12. The van der Waals surface area contributed by atoms with E-state index in [2.05, 4.69) is 5.32 Å². The molecule has 96 valence electrons. The Bertz CT molecular complexity index is 507. The van der Waals surface area contributed by atoms with Crippen LogP contribution in [0.25, 0.3) is 0 Å². The van der Waals surface area contributed by atoms with E-state index < -0.39 is 36.2 Å². The van der Waals surface area contributed by atoms with Crippen LogP contribution >= 0.6 is 0 Å². The van der Waals surface area contributed by atoms with Crippen molar-refractivity contribution in [2.45, 2.75) is 6.04 Å². The number of nitrogens with zero attached hydrogens (tertiary/aromatic N) is 1. The second-order valence-electron chi connectivity index (χ2n) is 3.95. The molecule has 5 nitrogen and oxygen atoms in total. The number of carboxylic acid groups (broad SMARTS) is 1. The van der Waals surface area contributed by atoms with E-state index in [9.17, 15) is 18.4 Å². The molecule has 2 N–H and O–H groups in total. The van der Waals surface area contributed by atoms with Crippen LogP contribution in [0.2, 0.25) is 0 Å². The Morgan fingerprint density at radius 1 is 1.44 bits per heavy atom. The van der Waals surface area contributed by atoms with Crippen LogP contribution in [0.15, 0.2) is 18.2 Å². The molecule has 1 aliphatic rings. The highest BCUT2D eigenvalue weighted by molar-refractivity contribution is 5.82. The van der Waals surface area contributed by atoms with Gasteiger partial charge in [-0.25, -0.2) is 13.6 Å². The van der Waals surface area contributed by atoms with Crippen molar-refractivity contribution in [2.24, 2.45) is 0 Å². The van der Waals surface area contributed by atoms with Crippen LogP contribution in [-0.2, 0) is 4.79 Å². The lowest BCUT2D eigenvalue weighted by molar-refractivity contribution is -0.137. The minimum atomic E-state index is -1.13. The largest absolute Gasteiger partial charge is 0.480 e. The van der Waals surface area contributed by atoms with Gasteiger partial charge in [0, 0.05) is 6.54 Å². The van der Waals surface area contributed by atoms with Gasteiger partial charge >= 0.3 is 12.0 Å². The van der Waals surface area contributed by atoms with Crippen molar-refractivity contribution in [3.8, 4) is 0 Å². The molecular formula is C11H10F2N2O3. The van der Waals surface area contributed by atoms with Crippen molar-refractivity contribution in [2.75, 3.05) is 13.1 Å². The van der Waals surface area contributed by atoms with Gasteiger partial charge in [-0.05, 0) is 17.7 Å². The van der Waals surface area contributed by atoms with Gasteiger partial charge in [0.1, 0.15) is 6.54 Å². The summed E-state index contributed by atoms with van der Waals surface area (Å²) in [5.74, 6) is -3.10. The molecule has 2 amide bonds. The lowest BCUT2D eigenvalue weighted by Gasteiger charge is -2.11. The minimum Gasteiger partial charge on any atom is -0.480 e. The molecule has 2 rings (SSSR count). The number of carbonyl (C=O) groups excluding carboxylic acids is 1. The Morgan fingerprint density at radius 3 is 2.78 bits per heavy atom. The first-order chi connectivity index (χ1) is 8.47. The second kappa shape index (κ2) is 4.59. The van der Waals surface area contributed by atoms with Gasteiger partial charge in [0.25, 0.3) is 0 Å². The lowest BCUT2D eigenvalue weighted by Crippen LogP contribution is -2.32. The van der Waals surface area contributed by atoms with E-state index in [4.69, 9.17) is 5.11 Å². The van der Waals surface area contributed by atoms with Crippen LogP contribution < -0.4 is 5.32 Å². The zero-order valence-electron chi connectivity index (χ0n) is 9.19. The third-order valence-corrected chi connectivity index (χ3v) is 2.66. The highest BCUT2D eigenvalue weighted by Crippen LogP contribution is 2.21. The number of hydrogen-bond acceptors (Lipinski definition) is 2. The van der Waals surface area contributed by atoms with Crippen molar-refractivity contribution < 1.29 is 23.5 Å². The Labute approximate surface area is 101 Å². The number of rotatable bonds is 3. The number of carboxylic acids is 1. The number of nitrogens with one attached hydrogen (secondary N) is 1. The lowest BCUT2D eigenvalue weighted by atomic mass is 10.1. The van der Waals surface area contributed by atoms with Gasteiger partial charge in [-0.3, -0.25) is 4.79 Å². The fraction of sp³-hybridized carbons (Fsp3) is 0.273. The summed E-state index contributed by atoms with van der Waals surface area (Å²) in [7, 11) is 0. The maximum absolute atomic E-state index is 13.0. The van der Waals surface area contributed by atoms with Crippen molar-refractivity contribution in [3.05, 3.63) is 35.4 Å². The molecule has 7 heteroatoms. The molecule has 1 aliphatic heterocycles. The molecule has 0 aromatic heterocycles. The molecule has 1 unspecified atom stereocenters. The van der Waals surface area contributed by atoms with Gasteiger partial charge < -0.3 is 15.3 Å². The van der Waals surface area contributed by atoms with E-state index in [-0.39, 0.29) is 6.54 Å². The third-order valence-electron chi connectivity index (χ3n) is 2.66. The molecular weight excluding hydrogens is 246 g/mol. The normalized spacial score (nSPS) is 18.9. The molecule has 1 atom stereocenters. The van der Waals surface area contributed by atoms with Crippen LogP contribution in [-0.4, -0.2) is 35.1 Å². The third kappa shape index (κ3) is 2.39. The van der Waals surface area contributed by atoms with Crippen molar-refractivity contribution in [1.29, 1.82) is 0 Å². The van der Waals surface area contributed by atoms with Crippen LogP contribution in [0.1, 0.15) is 11.6 Å².